The maximum absolute atomic E-state index is 10.3. The summed E-state index contributed by atoms with van der Waals surface area (Å²) in [7, 11) is 0. The van der Waals surface area contributed by atoms with Crippen molar-refractivity contribution in [2.75, 3.05) is 0 Å². The minimum atomic E-state index is -0.642. The Kier molecular flexibility index (Phi) is 3.59. The van der Waals surface area contributed by atoms with E-state index in [0.29, 0.717) is 0 Å². The molecule has 2 rings (SSSR count). The van der Waals surface area contributed by atoms with Crippen molar-refractivity contribution in [2.24, 2.45) is 0 Å². The Bertz CT molecular complexity index is 473. The largest absolute Gasteiger partial charge is 0.380 e. The highest BCUT2D eigenvalue weighted by Gasteiger charge is 2.15. The third-order valence-corrected chi connectivity index (χ3v) is 2.85. The van der Waals surface area contributed by atoms with Crippen LogP contribution in [0.15, 0.2) is 36.7 Å². The molecule has 2 aromatic rings. The van der Waals surface area contributed by atoms with Crippen LogP contribution in [0.5, 0.6) is 0 Å². The Morgan fingerprint density at radius 1 is 1.29 bits per heavy atom. The molecule has 3 nitrogen and oxygen atoms in total. The van der Waals surface area contributed by atoms with Crippen LogP contribution >= 0.6 is 0 Å². The summed E-state index contributed by atoms with van der Waals surface area (Å²) >= 11 is 0. The van der Waals surface area contributed by atoms with Crippen molar-refractivity contribution in [3.05, 3.63) is 53.6 Å². The molecule has 0 spiro atoms. The van der Waals surface area contributed by atoms with Gasteiger partial charge in [0, 0.05) is 18.9 Å². The van der Waals surface area contributed by atoms with Crippen LogP contribution in [0.3, 0.4) is 0 Å². The van der Waals surface area contributed by atoms with Gasteiger partial charge in [0.25, 0.3) is 0 Å². The topological polar surface area (TPSA) is 38.0 Å². The van der Waals surface area contributed by atoms with Gasteiger partial charge in [0.15, 0.2) is 0 Å². The second-order valence-corrected chi connectivity index (χ2v) is 4.29. The standard InChI is InChI=1S/C14H18N2O/c1-3-9-16-10-8-15-14(16)13(17)12-6-4-11(2)5-7-12/h4-8,10,13,17H,3,9H2,1-2H3. The van der Waals surface area contributed by atoms with E-state index in [0.717, 1.165) is 24.4 Å². The number of aryl methyl sites for hydroxylation is 2. The van der Waals surface area contributed by atoms with Crippen molar-refractivity contribution >= 4 is 0 Å². The molecule has 0 aliphatic rings. The van der Waals surface area contributed by atoms with Crippen LogP contribution in [-0.4, -0.2) is 14.7 Å². The molecule has 0 amide bonds. The van der Waals surface area contributed by atoms with E-state index in [2.05, 4.69) is 11.9 Å². The summed E-state index contributed by atoms with van der Waals surface area (Å²) in [5.41, 5.74) is 2.08. The molecule has 0 radical (unpaired) electrons. The number of aliphatic hydroxyl groups is 1. The minimum absolute atomic E-state index is 0.642. The van der Waals surface area contributed by atoms with E-state index in [1.165, 1.54) is 5.56 Å². The zero-order chi connectivity index (χ0) is 12.3. The van der Waals surface area contributed by atoms with Crippen molar-refractivity contribution in [2.45, 2.75) is 32.9 Å². The Hall–Kier alpha value is -1.61. The van der Waals surface area contributed by atoms with Crippen molar-refractivity contribution in [1.29, 1.82) is 0 Å². The fourth-order valence-corrected chi connectivity index (χ4v) is 1.90. The number of hydrogen-bond donors (Lipinski definition) is 1. The van der Waals surface area contributed by atoms with E-state index in [1.807, 2.05) is 42.0 Å². The van der Waals surface area contributed by atoms with Gasteiger partial charge in [-0.25, -0.2) is 4.98 Å². The van der Waals surface area contributed by atoms with E-state index < -0.39 is 6.10 Å². The van der Waals surface area contributed by atoms with Gasteiger partial charge in [-0.1, -0.05) is 36.8 Å². The maximum atomic E-state index is 10.3. The molecule has 0 aliphatic heterocycles. The van der Waals surface area contributed by atoms with Crippen molar-refractivity contribution in [3.8, 4) is 0 Å². The van der Waals surface area contributed by atoms with Gasteiger partial charge in [-0.05, 0) is 18.9 Å². The highest BCUT2D eigenvalue weighted by molar-refractivity contribution is 5.26. The average molecular weight is 230 g/mol. The highest BCUT2D eigenvalue weighted by Crippen LogP contribution is 2.20. The summed E-state index contributed by atoms with van der Waals surface area (Å²) in [6, 6.07) is 7.91. The molecule has 0 bridgehead atoms. The number of aliphatic hydroxyl groups excluding tert-OH is 1. The van der Waals surface area contributed by atoms with Crippen LogP contribution in [0.2, 0.25) is 0 Å². The van der Waals surface area contributed by atoms with Gasteiger partial charge in [-0.3, -0.25) is 0 Å². The van der Waals surface area contributed by atoms with E-state index in [9.17, 15) is 5.11 Å². The van der Waals surface area contributed by atoms with Crippen molar-refractivity contribution in [1.82, 2.24) is 9.55 Å². The number of benzene rings is 1. The third-order valence-electron chi connectivity index (χ3n) is 2.85. The van der Waals surface area contributed by atoms with E-state index >= 15 is 0 Å². The molecular formula is C14H18N2O. The molecule has 1 N–H and O–H groups in total. The number of hydrogen-bond acceptors (Lipinski definition) is 2. The number of nitrogens with zero attached hydrogens (tertiary/aromatic N) is 2. The Balaban J connectivity index is 2.26. The molecule has 17 heavy (non-hydrogen) atoms. The van der Waals surface area contributed by atoms with E-state index in [-0.39, 0.29) is 0 Å². The number of rotatable bonds is 4. The first kappa shape index (κ1) is 11.9. The van der Waals surface area contributed by atoms with E-state index in [1.54, 1.807) is 6.20 Å². The SMILES string of the molecule is CCCn1ccnc1C(O)c1ccc(C)cc1. The van der Waals surface area contributed by atoms with Gasteiger partial charge >= 0.3 is 0 Å². The Morgan fingerprint density at radius 2 is 2.00 bits per heavy atom. The highest BCUT2D eigenvalue weighted by atomic mass is 16.3. The van der Waals surface area contributed by atoms with Crippen LogP contribution in [0.1, 0.15) is 36.4 Å². The predicted molar refractivity (Wildman–Crippen MR) is 67.8 cm³/mol. The van der Waals surface area contributed by atoms with Gasteiger partial charge in [-0.15, -0.1) is 0 Å². The Morgan fingerprint density at radius 3 is 2.65 bits per heavy atom. The summed E-state index contributed by atoms with van der Waals surface area (Å²) in [6.07, 6.45) is 4.04. The van der Waals surface area contributed by atoms with Crippen LogP contribution in [0.25, 0.3) is 0 Å². The second-order valence-electron chi connectivity index (χ2n) is 4.29. The summed E-state index contributed by atoms with van der Waals surface area (Å²) in [4.78, 5) is 4.25. The van der Waals surface area contributed by atoms with E-state index in [4.69, 9.17) is 0 Å². The molecule has 1 atom stereocenters. The number of imidazole rings is 1. The second kappa shape index (κ2) is 5.15. The quantitative estimate of drug-likeness (QED) is 0.877. The molecule has 0 fully saturated rings. The molecule has 0 saturated heterocycles. The van der Waals surface area contributed by atoms with Crippen LogP contribution in [0, 0.1) is 6.92 Å². The van der Waals surface area contributed by atoms with Crippen LogP contribution < -0.4 is 0 Å². The van der Waals surface area contributed by atoms with Crippen molar-refractivity contribution < 1.29 is 5.11 Å². The van der Waals surface area contributed by atoms with Gasteiger partial charge in [-0.2, -0.15) is 0 Å². The molecule has 1 aromatic carbocycles. The van der Waals surface area contributed by atoms with Crippen LogP contribution in [0.4, 0.5) is 0 Å². The smallest absolute Gasteiger partial charge is 0.142 e. The minimum Gasteiger partial charge on any atom is -0.380 e. The van der Waals surface area contributed by atoms with Gasteiger partial charge in [0.05, 0.1) is 0 Å². The molecule has 1 aromatic heterocycles. The van der Waals surface area contributed by atoms with Crippen molar-refractivity contribution in [3.63, 3.8) is 0 Å². The summed E-state index contributed by atoms with van der Waals surface area (Å²) in [5.74, 6) is 0.718. The van der Waals surface area contributed by atoms with Gasteiger partial charge < -0.3 is 9.67 Å². The van der Waals surface area contributed by atoms with Gasteiger partial charge in [0.2, 0.25) is 0 Å². The zero-order valence-corrected chi connectivity index (χ0v) is 10.3. The summed E-state index contributed by atoms with van der Waals surface area (Å²) < 4.78 is 2.00. The average Bonchev–Trinajstić information content (AvgIpc) is 2.78. The lowest BCUT2D eigenvalue weighted by molar-refractivity contribution is 0.204. The molecule has 90 valence electrons. The first-order valence-corrected chi connectivity index (χ1v) is 5.98. The molecule has 3 heteroatoms. The first-order valence-electron chi connectivity index (χ1n) is 5.98. The molecule has 1 heterocycles. The fraction of sp³-hybridized carbons (Fsp3) is 0.357. The first-order chi connectivity index (χ1) is 8.22. The third kappa shape index (κ3) is 2.56. The fourth-order valence-electron chi connectivity index (χ4n) is 1.90. The Labute approximate surface area is 102 Å². The predicted octanol–water partition coefficient (Wildman–Crippen LogP) is 2.68. The monoisotopic (exact) mass is 230 g/mol. The van der Waals surface area contributed by atoms with Gasteiger partial charge in [0.1, 0.15) is 11.9 Å². The zero-order valence-electron chi connectivity index (χ0n) is 10.3. The summed E-state index contributed by atoms with van der Waals surface area (Å²) in [6.45, 7) is 5.04. The summed E-state index contributed by atoms with van der Waals surface area (Å²) in [5, 5.41) is 10.3. The lowest BCUT2D eigenvalue weighted by atomic mass is 10.1. The van der Waals surface area contributed by atoms with Crippen LogP contribution in [-0.2, 0) is 6.54 Å². The maximum Gasteiger partial charge on any atom is 0.142 e. The number of aromatic nitrogens is 2. The lowest BCUT2D eigenvalue weighted by Gasteiger charge is -2.13. The normalized spacial score (nSPS) is 12.6. The molecule has 0 aliphatic carbocycles. The lowest BCUT2D eigenvalue weighted by Crippen LogP contribution is -2.09. The molecular weight excluding hydrogens is 212 g/mol. The molecule has 0 saturated carbocycles. The molecule has 1 unspecified atom stereocenters.